The van der Waals surface area contributed by atoms with E-state index in [1.54, 1.807) is 0 Å². The van der Waals surface area contributed by atoms with Crippen molar-refractivity contribution in [2.45, 2.75) is 78.4 Å². The average molecular weight is 338 g/mol. The molecular formula is C20H34O4. The van der Waals surface area contributed by atoms with Crippen LogP contribution in [0, 0.1) is 0 Å². The maximum absolute atomic E-state index is 5.34. The Labute approximate surface area is 147 Å². The lowest BCUT2D eigenvalue weighted by atomic mass is 9.96. The predicted molar refractivity (Wildman–Crippen MR) is 96.9 cm³/mol. The Morgan fingerprint density at radius 1 is 0.667 bits per heavy atom. The highest BCUT2D eigenvalue weighted by molar-refractivity contribution is 5.27. The van der Waals surface area contributed by atoms with Gasteiger partial charge in [-0.1, -0.05) is 38.1 Å². The maximum Gasteiger partial charge on any atom is 0.0952 e. The van der Waals surface area contributed by atoms with Gasteiger partial charge >= 0.3 is 0 Å². The predicted octanol–water partition coefficient (Wildman–Crippen LogP) is 5.39. The molecule has 4 nitrogen and oxygen atoms in total. The number of benzene rings is 1. The SMILES string of the molecule is CC(COOC(C)(C)C)c1ccc(C(C)COOC(C)(C)C)cc1. The summed E-state index contributed by atoms with van der Waals surface area (Å²) in [6.07, 6.45) is 0. The first kappa shape index (κ1) is 21.1. The van der Waals surface area contributed by atoms with Crippen molar-refractivity contribution in [2.75, 3.05) is 13.2 Å². The molecule has 0 aliphatic heterocycles. The van der Waals surface area contributed by atoms with E-state index in [1.165, 1.54) is 11.1 Å². The van der Waals surface area contributed by atoms with Crippen LogP contribution in [0.5, 0.6) is 0 Å². The first-order valence-corrected chi connectivity index (χ1v) is 8.69. The van der Waals surface area contributed by atoms with Crippen molar-refractivity contribution >= 4 is 0 Å². The van der Waals surface area contributed by atoms with Crippen LogP contribution < -0.4 is 0 Å². The molecule has 0 radical (unpaired) electrons. The normalized spacial score (nSPS) is 15.3. The second-order valence-electron chi connectivity index (χ2n) is 8.43. The molecule has 1 rings (SSSR count). The molecule has 1 aromatic rings. The van der Waals surface area contributed by atoms with Crippen molar-refractivity contribution in [3.8, 4) is 0 Å². The summed E-state index contributed by atoms with van der Waals surface area (Å²) in [5.41, 5.74) is 1.90. The molecule has 0 spiro atoms. The largest absolute Gasteiger partial charge is 0.236 e. The standard InChI is InChI=1S/C20H34O4/c1-15(13-21-23-19(3,4)5)17-9-11-18(12-10-17)16(2)14-22-24-20(6,7)8/h9-12,15-16H,13-14H2,1-8H3. The lowest BCUT2D eigenvalue weighted by Gasteiger charge is -2.21. The Bertz CT molecular complexity index is 423. The van der Waals surface area contributed by atoms with Crippen LogP contribution in [0.15, 0.2) is 24.3 Å². The molecule has 138 valence electrons. The van der Waals surface area contributed by atoms with Gasteiger partial charge in [0.2, 0.25) is 0 Å². The molecule has 0 saturated carbocycles. The van der Waals surface area contributed by atoms with Crippen LogP contribution >= 0.6 is 0 Å². The van der Waals surface area contributed by atoms with E-state index in [1.807, 2.05) is 41.5 Å². The van der Waals surface area contributed by atoms with Gasteiger partial charge in [-0.25, -0.2) is 19.6 Å². The third kappa shape index (κ3) is 8.78. The van der Waals surface area contributed by atoms with Gasteiger partial charge in [-0.2, -0.15) is 0 Å². The summed E-state index contributed by atoms with van der Waals surface area (Å²) in [4.78, 5) is 21.3. The minimum absolute atomic E-state index is 0.275. The molecule has 0 saturated heterocycles. The zero-order valence-corrected chi connectivity index (χ0v) is 16.5. The number of hydrogen-bond acceptors (Lipinski definition) is 4. The van der Waals surface area contributed by atoms with Gasteiger partial charge < -0.3 is 0 Å². The fraction of sp³-hybridized carbons (Fsp3) is 0.700. The van der Waals surface area contributed by atoms with Gasteiger partial charge in [0.25, 0.3) is 0 Å². The Kier molecular flexibility index (Phi) is 7.87. The third-order valence-electron chi connectivity index (χ3n) is 3.33. The molecule has 2 atom stereocenters. The molecule has 0 aliphatic rings. The summed E-state index contributed by atoms with van der Waals surface area (Å²) >= 11 is 0. The van der Waals surface area contributed by atoms with Crippen molar-refractivity contribution < 1.29 is 19.6 Å². The van der Waals surface area contributed by atoms with Crippen LogP contribution in [0.4, 0.5) is 0 Å². The lowest BCUT2D eigenvalue weighted by Crippen LogP contribution is -2.21. The molecular weight excluding hydrogens is 304 g/mol. The molecule has 0 fully saturated rings. The van der Waals surface area contributed by atoms with Crippen molar-refractivity contribution in [2.24, 2.45) is 0 Å². The van der Waals surface area contributed by atoms with Crippen molar-refractivity contribution in [1.82, 2.24) is 0 Å². The summed E-state index contributed by atoms with van der Waals surface area (Å²) in [6, 6.07) is 8.56. The van der Waals surface area contributed by atoms with Crippen LogP contribution in [0.1, 0.15) is 78.4 Å². The highest BCUT2D eigenvalue weighted by atomic mass is 17.2. The van der Waals surface area contributed by atoms with E-state index in [-0.39, 0.29) is 23.0 Å². The average Bonchev–Trinajstić information content (AvgIpc) is 2.44. The Morgan fingerprint density at radius 3 is 1.21 bits per heavy atom. The first-order chi connectivity index (χ1) is 11.0. The number of hydrogen-bond donors (Lipinski definition) is 0. The molecule has 0 heterocycles. The summed E-state index contributed by atoms with van der Waals surface area (Å²) in [6.45, 7) is 17.2. The Balaban J connectivity index is 2.46. The molecule has 1 aromatic carbocycles. The van der Waals surface area contributed by atoms with Gasteiger partial charge in [-0.15, -0.1) is 0 Å². The van der Waals surface area contributed by atoms with Crippen molar-refractivity contribution in [1.29, 1.82) is 0 Å². The molecule has 4 heteroatoms. The summed E-state index contributed by atoms with van der Waals surface area (Å²) in [5, 5.41) is 0. The van der Waals surface area contributed by atoms with Crippen LogP contribution in [-0.4, -0.2) is 24.4 Å². The van der Waals surface area contributed by atoms with Crippen LogP contribution in [0.2, 0.25) is 0 Å². The minimum Gasteiger partial charge on any atom is -0.236 e. The zero-order chi connectivity index (χ0) is 18.4. The van der Waals surface area contributed by atoms with E-state index in [0.717, 1.165) is 0 Å². The highest BCUT2D eigenvalue weighted by Gasteiger charge is 2.15. The van der Waals surface area contributed by atoms with Gasteiger partial charge in [0.15, 0.2) is 0 Å². The molecule has 0 N–H and O–H groups in total. The van der Waals surface area contributed by atoms with E-state index in [0.29, 0.717) is 13.2 Å². The summed E-state index contributed by atoms with van der Waals surface area (Å²) in [5.74, 6) is 0.550. The van der Waals surface area contributed by atoms with Gasteiger partial charge in [-0.3, -0.25) is 0 Å². The van der Waals surface area contributed by atoms with Crippen LogP contribution in [-0.2, 0) is 19.6 Å². The third-order valence-corrected chi connectivity index (χ3v) is 3.33. The van der Waals surface area contributed by atoms with Crippen molar-refractivity contribution in [3.05, 3.63) is 35.4 Å². The maximum atomic E-state index is 5.34. The monoisotopic (exact) mass is 338 g/mol. The first-order valence-electron chi connectivity index (χ1n) is 8.69. The van der Waals surface area contributed by atoms with E-state index >= 15 is 0 Å². The quantitative estimate of drug-likeness (QED) is 0.470. The Hall–Kier alpha value is -0.940. The van der Waals surface area contributed by atoms with Gasteiger partial charge in [-0.05, 0) is 52.7 Å². The second kappa shape index (κ2) is 8.95. The molecule has 0 amide bonds. The highest BCUT2D eigenvalue weighted by Crippen LogP contribution is 2.22. The van der Waals surface area contributed by atoms with E-state index < -0.39 is 0 Å². The molecule has 0 aromatic heterocycles. The molecule has 2 unspecified atom stereocenters. The van der Waals surface area contributed by atoms with E-state index in [2.05, 4.69) is 38.1 Å². The lowest BCUT2D eigenvalue weighted by molar-refractivity contribution is -0.350. The zero-order valence-electron chi connectivity index (χ0n) is 16.5. The summed E-state index contributed by atoms with van der Waals surface area (Å²) in [7, 11) is 0. The fourth-order valence-electron chi connectivity index (χ4n) is 1.97. The van der Waals surface area contributed by atoms with E-state index in [9.17, 15) is 0 Å². The van der Waals surface area contributed by atoms with Gasteiger partial charge in [0.05, 0.1) is 24.4 Å². The summed E-state index contributed by atoms with van der Waals surface area (Å²) < 4.78 is 0. The smallest absolute Gasteiger partial charge is 0.0952 e. The van der Waals surface area contributed by atoms with Gasteiger partial charge in [0, 0.05) is 11.8 Å². The molecule has 0 aliphatic carbocycles. The van der Waals surface area contributed by atoms with Crippen molar-refractivity contribution in [3.63, 3.8) is 0 Å². The molecule has 0 bridgehead atoms. The van der Waals surface area contributed by atoms with Crippen LogP contribution in [0.25, 0.3) is 0 Å². The van der Waals surface area contributed by atoms with Crippen LogP contribution in [0.3, 0.4) is 0 Å². The fourth-order valence-corrected chi connectivity index (χ4v) is 1.97. The second-order valence-corrected chi connectivity index (χ2v) is 8.43. The Morgan fingerprint density at radius 2 is 0.958 bits per heavy atom. The minimum atomic E-state index is -0.284. The van der Waals surface area contributed by atoms with E-state index in [4.69, 9.17) is 19.6 Å². The van der Waals surface area contributed by atoms with Gasteiger partial charge in [0.1, 0.15) is 0 Å². The topological polar surface area (TPSA) is 36.9 Å². The number of rotatable bonds is 8. The molecule has 24 heavy (non-hydrogen) atoms.